The molecule has 11 heavy (non-hydrogen) atoms. The Balaban J connectivity index is 0. The van der Waals surface area contributed by atoms with Crippen molar-refractivity contribution >= 4 is 11.9 Å². The van der Waals surface area contributed by atoms with Gasteiger partial charge in [-0.3, -0.25) is 17.3 Å². The first-order chi connectivity index (χ1) is 4.70. The third kappa shape index (κ3) is 7.61. The summed E-state index contributed by atoms with van der Waals surface area (Å²) in [6, 6.07) is 0. The topological polar surface area (TPSA) is 65.5 Å². The average Bonchev–Trinajstić information content (AvgIpc) is 1.90. The molecule has 0 aliphatic carbocycles. The number of hydrogen-bond acceptors (Lipinski definition) is 2. The summed E-state index contributed by atoms with van der Waals surface area (Å²) in [5.74, 6) is 0.0894. The quantitative estimate of drug-likeness (QED) is 0.220. The molecule has 1 radical (unpaired) electrons. The molecular weight excluding hydrogens is 221 g/mol. The standard InChI is InChI=1S/C5H10N4O.Y/c1-4(10)8-9-5(6-2)7-3;/h2-3H2,1H3,(H,8,10)(H2,6,7,9);/q-2;. The van der Waals surface area contributed by atoms with Crippen LogP contribution in [0.4, 0.5) is 0 Å². The first-order valence-corrected chi connectivity index (χ1v) is 2.60. The van der Waals surface area contributed by atoms with E-state index in [4.69, 9.17) is 0 Å². The Morgan fingerprint density at radius 3 is 2.27 bits per heavy atom. The second-order valence-electron chi connectivity index (χ2n) is 1.49. The summed E-state index contributed by atoms with van der Waals surface area (Å²) in [4.78, 5) is 13.7. The van der Waals surface area contributed by atoms with Crippen molar-refractivity contribution in [3.8, 4) is 0 Å². The summed E-state index contributed by atoms with van der Waals surface area (Å²) in [7, 11) is 6.51. The predicted molar refractivity (Wildman–Crippen MR) is 38.2 cm³/mol. The van der Waals surface area contributed by atoms with Crippen LogP contribution in [0.15, 0.2) is 4.99 Å². The van der Waals surface area contributed by atoms with Gasteiger partial charge in [-0.25, -0.2) is 0 Å². The van der Waals surface area contributed by atoms with Crippen LogP contribution in [0.1, 0.15) is 6.92 Å². The third-order valence-electron chi connectivity index (χ3n) is 0.682. The van der Waals surface area contributed by atoms with Gasteiger partial charge in [-0.2, -0.15) is 7.05 Å². The van der Waals surface area contributed by atoms with Gasteiger partial charge in [-0.05, 0) is 0 Å². The monoisotopic (exact) mass is 231 g/mol. The number of carbonyl (C=O) groups excluding carboxylic acids is 1. The maximum Gasteiger partial charge on any atom is 0.233 e. The Labute approximate surface area is 91.3 Å². The van der Waals surface area contributed by atoms with Crippen LogP contribution in [0, 0.1) is 14.1 Å². The second-order valence-corrected chi connectivity index (χ2v) is 1.49. The van der Waals surface area contributed by atoms with E-state index in [0.717, 1.165) is 0 Å². The van der Waals surface area contributed by atoms with Crippen molar-refractivity contribution in [2.75, 3.05) is 0 Å². The van der Waals surface area contributed by atoms with Gasteiger partial charge in [-0.1, -0.05) is 0 Å². The van der Waals surface area contributed by atoms with E-state index in [1.807, 2.05) is 0 Å². The minimum Gasteiger partial charge on any atom is -0.586 e. The fraction of sp³-hybridized carbons (Fsp3) is 0.200. The minimum absolute atomic E-state index is 0. The fourth-order valence-electron chi connectivity index (χ4n) is 0.287. The van der Waals surface area contributed by atoms with Crippen LogP contribution in [-0.4, -0.2) is 11.9 Å². The molecule has 0 aliphatic rings. The zero-order valence-electron chi connectivity index (χ0n) is 6.35. The van der Waals surface area contributed by atoms with Crippen LogP contribution in [0.25, 0.3) is 0 Å². The molecule has 0 aromatic heterocycles. The van der Waals surface area contributed by atoms with Crippen LogP contribution >= 0.6 is 0 Å². The van der Waals surface area contributed by atoms with Gasteiger partial charge in [0, 0.05) is 45.6 Å². The van der Waals surface area contributed by atoms with E-state index < -0.39 is 0 Å². The van der Waals surface area contributed by atoms with E-state index in [-0.39, 0.29) is 38.6 Å². The Kier molecular flexibility index (Phi) is 9.46. The van der Waals surface area contributed by atoms with E-state index in [0.29, 0.717) is 5.96 Å². The van der Waals surface area contributed by atoms with Gasteiger partial charge in [0.1, 0.15) is 0 Å². The molecule has 0 bridgehead atoms. The van der Waals surface area contributed by atoms with Crippen molar-refractivity contribution in [2.24, 2.45) is 4.99 Å². The number of rotatable bonds is 0. The molecular formula is C5H10N4OY-2. The Hall–Kier alpha value is -0.286. The number of nitrogens with zero attached hydrogens (tertiary/aromatic N) is 1. The molecule has 5 nitrogen and oxygen atoms in total. The Morgan fingerprint density at radius 2 is 2.00 bits per heavy atom. The molecule has 0 spiro atoms. The van der Waals surface area contributed by atoms with E-state index in [2.05, 4.69) is 35.3 Å². The number of guanidine groups is 1. The second kappa shape index (κ2) is 7.82. The molecule has 3 N–H and O–H groups in total. The van der Waals surface area contributed by atoms with Crippen molar-refractivity contribution in [1.82, 2.24) is 16.2 Å². The normalized spacial score (nSPS) is 9.45. The van der Waals surface area contributed by atoms with E-state index in [9.17, 15) is 4.79 Å². The number of amides is 1. The average molecular weight is 231 g/mol. The van der Waals surface area contributed by atoms with E-state index in [1.54, 1.807) is 0 Å². The molecule has 0 aliphatic heterocycles. The maximum absolute atomic E-state index is 10.3. The molecule has 0 fully saturated rings. The molecule has 0 saturated heterocycles. The molecule has 6 heteroatoms. The van der Waals surface area contributed by atoms with Crippen molar-refractivity contribution in [3.63, 3.8) is 0 Å². The number of carbonyl (C=O) groups is 1. The van der Waals surface area contributed by atoms with Crippen LogP contribution in [-0.2, 0) is 37.5 Å². The van der Waals surface area contributed by atoms with Crippen LogP contribution in [0.2, 0.25) is 0 Å². The number of aliphatic imine (C=N–C) groups is 1. The minimum atomic E-state index is -0.212. The molecule has 61 valence electrons. The molecule has 0 heterocycles. The summed E-state index contributed by atoms with van der Waals surface area (Å²) in [6.07, 6.45) is 0. The maximum atomic E-state index is 10.3. The molecule has 0 atom stereocenters. The van der Waals surface area contributed by atoms with Crippen molar-refractivity contribution in [2.45, 2.75) is 6.92 Å². The molecule has 0 unspecified atom stereocenters. The van der Waals surface area contributed by atoms with Gasteiger partial charge in [0.2, 0.25) is 5.91 Å². The molecule has 1 amide bonds. The summed E-state index contributed by atoms with van der Waals surface area (Å²) in [6.45, 7) is 1.37. The SMILES string of the molecule is [CH2-]N=C(N[CH2-])NNC(C)=O.[Y]. The number of hydrogen-bond donors (Lipinski definition) is 3. The van der Waals surface area contributed by atoms with Crippen LogP contribution in [0.3, 0.4) is 0 Å². The zero-order valence-corrected chi connectivity index (χ0v) is 9.19. The Bertz CT molecular complexity index is 147. The predicted octanol–water partition coefficient (Wildman–Crippen LogP) is -0.847. The van der Waals surface area contributed by atoms with Gasteiger partial charge in [0.25, 0.3) is 0 Å². The first-order valence-electron chi connectivity index (χ1n) is 2.60. The van der Waals surface area contributed by atoms with E-state index in [1.165, 1.54) is 6.92 Å². The summed E-state index contributed by atoms with van der Waals surface area (Å²) in [5.41, 5.74) is 4.72. The van der Waals surface area contributed by atoms with Gasteiger partial charge in [0.15, 0.2) is 0 Å². The summed E-state index contributed by atoms with van der Waals surface area (Å²) < 4.78 is 0. The third-order valence-corrected chi connectivity index (χ3v) is 0.682. The van der Waals surface area contributed by atoms with Gasteiger partial charge < -0.3 is 15.7 Å². The van der Waals surface area contributed by atoms with Crippen LogP contribution in [0.5, 0.6) is 0 Å². The first kappa shape index (κ1) is 13.3. The van der Waals surface area contributed by atoms with Gasteiger partial charge in [-0.15, -0.1) is 0 Å². The van der Waals surface area contributed by atoms with Crippen molar-refractivity contribution in [3.05, 3.63) is 14.1 Å². The smallest absolute Gasteiger partial charge is 0.233 e. The molecule has 0 aromatic carbocycles. The summed E-state index contributed by atoms with van der Waals surface area (Å²) in [5, 5.41) is 2.42. The van der Waals surface area contributed by atoms with Crippen LogP contribution < -0.4 is 16.2 Å². The van der Waals surface area contributed by atoms with Crippen molar-refractivity contribution in [1.29, 1.82) is 0 Å². The molecule has 0 saturated carbocycles. The summed E-state index contributed by atoms with van der Waals surface area (Å²) >= 11 is 0. The Morgan fingerprint density at radius 1 is 1.45 bits per heavy atom. The van der Waals surface area contributed by atoms with Crippen molar-refractivity contribution < 1.29 is 37.5 Å². The van der Waals surface area contributed by atoms with Gasteiger partial charge in [0.05, 0.1) is 0 Å². The molecule has 0 aromatic rings. The zero-order chi connectivity index (χ0) is 7.98. The molecule has 0 rings (SSSR count). The number of nitrogens with one attached hydrogen (secondary N) is 3. The largest absolute Gasteiger partial charge is 0.586 e. The van der Waals surface area contributed by atoms with Gasteiger partial charge >= 0.3 is 0 Å². The fourth-order valence-corrected chi connectivity index (χ4v) is 0.287. The number of hydrazine groups is 1. The van der Waals surface area contributed by atoms with E-state index >= 15 is 0 Å².